The van der Waals surface area contributed by atoms with Crippen LogP contribution in [0, 0.1) is 0 Å². The van der Waals surface area contributed by atoms with Gasteiger partial charge in [0.25, 0.3) is 0 Å². The van der Waals surface area contributed by atoms with E-state index in [0.717, 1.165) is 5.69 Å². The third kappa shape index (κ3) is 3.24. The summed E-state index contributed by atoms with van der Waals surface area (Å²) in [5.41, 5.74) is 0.983. The van der Waals surface area contributed by atoms with Gasteiger partial charge in [0.15, 0.2) is 0 Å². The van der Waals surface area contributed by atoms with Gasteiger partial charge in [-0.3, -0.25) is 0 Å². The minimum Gasteiger partial charge on any atom is -0.477 e. The molecule has 0 fully saturated rings. The predicted molar refractivity (Wildman–Crippen MR) is 73.1 cm³/mol. The zero-order valence-electron chi connectivity index (χ0n) is 9.78. The first-order valence-electron chi connectivity index (χ1n) is 5.19. The van der Waals surface area contributed by atoms with Crippen LogP contribution in [0.4, 0.5) is 5.69 Å². The van der Waals surface area contributed by atoms with Crippen LogP contribution in [-0.2, 0) is 4.79 Å². The zero-order valence-corrected chi connectivity index (χ0v) is 10.6. The number of para-hydroxylation sites is 1. The van der Waals surface area contributed by atoms with Gasteiger partial charge in [-0.2, -0.15) is 0 Å². The summed E-state index contributed by atoms with van der Waals surface area (Å²) in [6.45, 7) is 0. The fraction of sp³-hybridized carbons (Fsp3) is 0.167. The third-order valence-corrected chi connectivity index (χ3v) is 2.44. The Morgan fingerprint density at radius 2 is 2.06 bits per heavy atom. The molecule has 1 unspecified atom stereocenters. The second-order valence-electron chi connectivity index (χ2n) is 3.72. The van der Waals surface area contributed by atoms with E-state index < -0.39 is 5.97 Å². The highest BCUT2D eigenvalue weighted by Gasteiger charge is 2.18. The molecule has 0 aliphatic carbocycles. The normalized spacial score (nSPS) is 17.7. The van der Waals surface area contributed by atoms with E-state index in [4.69, 9.17) is 5.11 Å². The fourth-order valence-electron chi connectivity index (χ4n) is 1.51. The van der Waals surface area contributed by atoms with Crippen molar-refractivity contribution in [2.24, 2.45) is 4.99 Å². The van der Waals surface area contributed by atoms with E-state index >= 15 is 0 Å². The molecule has 0 radical (unpaired) electrons. The average molecular weight is 268 g/mol. The van der Waals surface area contributed by atoms with Crippen LogP contribution in [0.1, 0.15) is 0 Å². The monoisotopic (exact) mass is 267 g/mol. The molecule has 1 aliphatic heterocycles. The number of aliphatic imine (C=N–C) groups is 1. The van der Waals surface area contributed by atoms with E-state index in [9.17, 15) is 4.79 Å². The average Bonchev–Trinajstić information content (AvgIpc) is 2.33. The molecule has 5 nitrogen and oxygen atoms in total. The molecule has 2 N–H and O–H groups in total. The largest absolute Gasteiger partial charge is 0.477 e. The first-order valence-corrected chi connectivity index (χ1v) is 5.19. The molecule has 2 rings (SSSR count). The number of likely N-dealkylation sites (N-methyl/N-ethyl adjacent to an activating group) is 1. The number of carboxylic acid groups (broad SMARTS) is 1. The summed E-state index contributed by atoms with van der Waals surface area (Å²) >= 11 is 0. The molecule has 6 heteroatoms. The summed E-state index contributed by atoms with van der Waals surface area (Å²) in [7, 11) is 1.83. The molecule has 0 spiro atoms. The summed E-state index contributed by atoms with van der Waals surface area (Å²) in [6.07, 6.45) is 2.88. The Bertz CT molecular complexity index is 473. The second kappa shape index (κ2) is 6.07. The van der Waals surface area contributed by atoms with Crippen LogP contribution in [-0.4, -0.2) is 35.5 Å². The van der Waals surface area contributed by atoms with Crippen molar-refractivity contribution in [3.63, 3.8) is 0 Å². The number of halogens is 1. The molecule has 1 heterocycles. The lowest BCUT2D eigenvalue weighted by atomic mass is 10.2. The highest BCUT2D eigenvalue weighted by Crippen LogP contribution is 2.13. The Morgan fingerprint density at radius 3 is 2.67 bits per heavy atom. The molecule has 1 atom stereocenters. The summed E-state index contributed by atoms with van der Waals surface area (Å²) in [6, 6.07) is 9.61. The SMILES string of the molecule is CN1C=NC(C(=O)O)=CC1Nc1ccccc1.Cl. The van der Waals surface area contributed by atoms with Crippen LogP contribution in [0.5, 0.6) is 0 Å². The second-order valence-corrected chi connectivity index (χ2v) is 3.72. The van der Waals surface area contributed by atoms with Gasteiger partial charge in [-0.1, -0.05) is 18.2 Å². The molecular weight excluding hydrogens is 254 g/mol. The highest BCUT2D eigenvalue weighted by molar-refractivity contribution is 5.89. The van der Waals surface area contributed by atoms with Crippen molar-refractivity contribution < 1.29 is 9.90 Å². The van der Waals surface area contributed by atoms with Crippen molar-refractivity contribution in [3.05, 3.63) is 42.1 Å². The number of hydrogen-bond acceptors (Lipinski definition) is 4. The van der Waals surface area contributed by atoms with Crippen molar-refractivity contribution in [3.8, 4) is 0 Å². The van der Waals surface area contributed by atoms with Gasteiger partial charge in [-0.15, -0.1) is 12.4 Å². The van der Waals surface area contributed by atoms with E-state index in [0.29, 0.717) is 0 Å². The van der Waals surface area contributed by atoms with Gasteiger partial charge in [0.1, 0.15) is 11.9 Å². The first-order chi connectivity index (χ1) is 8.16. The Hall–Kier alpha value is -2.01. The molecule has 0 aromatic heterocycles. The lowest BCUT2D eigenvalue weighted by Gasteiger charge is -2.28. The summed E-state index contributed by atoms with van der Waals surface area (Å²) in [5, 5.41) is 12.1. The van der Waals surface area contributed by atoms with E-state index in [1.165, 1.54) is 6.34 Å². The number of carbonyl (C=O) groups is 1. The number of benzene rings is 1. The smallest absolute Gasteiger partial charge is 0.354 e. The molecule has 18 heavy (non-hydrogen) atoms. The third-order valence-electron chi connectivity index (χ3n) is 2.44. The van der Waals surface area contributed by atoms with Crippen LogP contribution in [0.3, 0.4) is 0 Å². The van der Waals surface area contributed by atoms with Gasteiger partial charge >= 0.3 is 5.97 Å². The van der Waals surface area contributed by atoms with E-state index in [-0.39, 0.29) is 24.3 Å². The maximum Gasteiger partial charge on any atom is 0.354 e. The van der Waals surface area contributed by atoms with Gasteiger partial charge in [-0.25, -0.2) is 9.79 Å². The number of rotatable bonds is 3. The molecule has 1 aliphatic rings. The lowest BCUT2D eigenvalue weighted by Crippen LogP contribution is -2.38. The maximum absolute atomic E-state index is 10.8. The standard InChI is InChI=1S/C12H13N3O2.ClH/c1-15-8-13-10(12(16)17)7-11(15)14-9-5-3-2-4-6-9;/h2-8,11,14H,1H3,(H,16,17);1H. The highest BCUT2D eigenvalue weighted by atomic mass is 35.5. The Morgan fingerprint density at radius 1 is 1.39 bits per heavy atom. The van der Waals surface area contributed by atoms with E-state index in [2.05, 4.69) is 10.3 Å². The topological polar surface area (TPSA) is 64.9 Å². The molecule has 0 bridgehead atoms. The summed E-state index contributed by atoms with van der Waals surface area (Å²) < 4.78 is 0. The van der Waals surface area contributed by atoms with Gasteiger partial charge in [0.2, 0.25) is 0 Å². The van der Waals surface area contributed by atoms with Crippen molar-refractivity contribution in [1.29, 1.82) is 0 Å². The number of carboxylic acids is 1. The van der Waals surface area contributed by atoms with Crippen molar-refractivity contribution in [2.45, 2.75) is 6.17 Å². The van der Waals surface area contributed by atoms with Crippen LogP contribution < -0.4 is 5.32 Å². The Balaban J connectivity index is 0.00000162. The molecule has 0 amide bonds. The van der Waals surface area contributed by atoms with Crippen LogP contribution in [0.2, 0.25) is 0 Å². The first kappa shape index (κ1) is 14.1. The number of nitrogens with zero attached hydrogens (tertiary/aromatic N) is 2. The number of anilines is 1. The summed E-state index contributed by atoms with van der Waals surface area (Å²) in [4.78, 5) is 16.5. The van der Waals surface area contributed by atoms with Gasteiger partial charge < -0.3 is 15.3 Å². The number of aliphatic carboxylic acids is 1. The van der Waals surface area contributed by atoms with E-state index in [1.54, 1.807) is 11.0 Å². The van der Waals surface area contributed by atoms with Crippen molar-refractivity contribution in [2.75, 3.05) is 12.4 Å². The number of nitrogens with one attached hydrogen (secondary N) is 1. The molecule has 1 aromatic carbocycles. The van der Waals surface area contributed by atoms with Crippen molar-refractivity contribution >= 4 is 30.4 Å². The van der Waals surface area contributed by atoms with Gasteiger partial charge in [0.05, 0.1) is 6.34 Å². The van der Waals surface area contributed by atoms with Gasteiger partial charge in [-0.05, 0) is 18.2 Å². The fourth-order valence-corrected chi connectivity index (χ4v) is 1.51. The lowest BCUT2D eigenvalue weighted by molar-refractivity contribution is -0.132. The molecule has 96 valence electrons. The molecule has 0 saturated carbocycles. The number of hydrogen-bond donors (Lipinski definition) is 2. The Labute approximate surface area is 111 Å². The molecular formula is C12H14ClN3O2. The molecule has 0 saturated heterocycles. The minimum absolute atomic E-state index is 0. The van der Waals surface area contributed by atoms with Crippen molar-refractivity contribution in [1.82, 2.24) is 4.90 Å². The Kier molecular flexibility index (Phi) is 4.74. The zero-order chi connectivity index (χ0) is 12.3. The predicted octanol–water partition coefficient (Wildman–Crippen LogP) is 1.79. The quantitative estimate of drug-likeness (QED) is 0.876. The summed E-state index contributed by atoms with van der Waals surface area (Å²) in [5.74, 6) is -1.02. The van der Waals surface area contributed by atoms with Crippen LogP contribution in [0.25, 0.3) is 0 Å². The molecule has 1 aromatic rings. The van der Waals surface area contributed by atoms with Gasteiger partial charge in [0, 0.05) is 12.7 Å². The maximum atomic E-state index is 10.8. The van der Waals surface area contributed by atoms with E-state index in [1.807, 2.05) is 37.4 Å². The minimum atomic E-state index is -1.02. The van der Waals surface area contributed by atoms with Crippen LogP contribution in [0.15, 0.2) is 47.1 Å². The van der Waals surface area contributed by atoms with Crippen LogP contribution >= 0.6 is 12.4 Å².